The summed E-state index contributed by atoms with van der Waals surface area (Å²) in [6, 6.07) is 18.8. The van der Waals surface area contributed by atoms with Crippen LogP contribution in [-0.4, -0.2) is 48.2 Å². The van der Waals surface area contributed by atoms with Gasteiger partial charge in [0, 0.05) is 31.2 Å². The Morgan fingerprint density at radius 2 is 1.58 bits per heavy atom. The Morgan fingerprint density at radius 1 is 0.939 bits per heavy atom. The third kappa shape index (κ3) is 5.91. The molecular formula is C28H37ClN2O2. The highest BCUT2D eigenvalue weighted by molar-refractivity contribution is 6.30. The van der Waals surface area contributed by atoms with Gasteiger partial charge in [0.1, 0.15) is 6.10 Å². The van der Waals surface area contributed by atoms with E-state index < -0.39 is 0 Å². The molecule has 33 heavy (non-hydrogen) atoms. The van der Waals surface area contributed by atoms with Crippen LogP contribution in [0.1, 0.15) is 57.2 Å². The van der Waals surface area contributed by atoms with Crippen LogP contribution in [0.3, 0.4) is 0 Å². The Balaban J connectivity index is 1.42. The van der Waals surface area contributed by atoms with E-state index in [0.717, 1.165) is 31.0 Å². The van der Waals surface area contributed by atoms with Crippen molar-refractivity contribution in [3.8, 4) is 0 Å². The summed E-state index contributed by atoms with van der Waals surface area (Å²) in [5.74, 6) is 1.64. The van der Waals surface area contributed by atoms with Gasteiger partial charge in [0.15, 0.2) is 0 Å². The van der Waals surface area contributed by atoms with Crippen LogP contribution >= 0.6 is 11.6 Å². The largest absolute Gasteiger partial charge is 0.446 e. The summed E-state index contributed by atoms with van der Waals surface area (Å²) in [7, 11) is 0. The van der Waals surface area contributed by atoms with Gasteiger partial charge in [-0.3, -0.25) is 4.90 Å². The lowest BCUT2D eigenvalue weighted by atomic mass is 9.75. The first-order valence-electron chi connectivity index (χ1n) is 12.4. The zero-order chi connectivity index (χ0) is 23.4. The molecule has 0 bridgehead atoms. The summed E-state index contributed by atoms with van der Waals surface area (Å²) >= 11 is 6.15. The van der Waals surface area contributed by atoms with E-state index in [4.69, 9.17) is 16.3 Å². The summed E-state index contributed by atoms with van der Waals surface area (Å²) in [6.07, 6.45) is 3.29. The van der Waals surface area contributed by atoms with Crippen LogP contribution < -0.4 is 0 Å². The third-order valence-electron chi connectivity index (χ3n) is 7.45. The van der Waals surface area contributed by atoms with Gasteiger partial charge in [0.05, 0.1) is 6.04 Å². The standard InChI is InChI=1S/C28H37ClN2O2/c1-20(2)25-14-9-21(3)19-26(25)33-28(32)31-17-15-30(16-18-31)27(22-7-5-4-6-8-22)23-10-12-24(29)13-11-23/h4-8,10-13,20-21,25-27H,9,14-19H2,1-3H3. The van der Waals surface area contributed by atoms with Crippen molar-refractivity contribution in [2.75, 3.05) is 26.2 Å². The normalized spacial score (nSPS) is 25.1. The number of ether oxygens (including phenoxy) is 1. The molecule has 1 saturated carbocycles. The fourth-order valence-electron chi connectivity index (χ4n) is 5.51. The number of hydrogen-bond acceptors (Lipinski definition) is 3. The number of piperazine rings is 1. The smallest absolute Gasteiger partial charge is 0.410 e. The second kappa shape index (κ2) is 10.9. The minimum absolute atomic E-state index is 0.0467. The molecule has 4 atom stereocenters. The van der Waals surface area contributed by atoms with E-state index in [-0.39, 0.29) is 18.2 Å². The number of carbonyl (C=O) groups is 1. The maximum atomic E-state index is 13.1. The zero-order valence-corrected chi connectivity index (χ0v) is 20.9. The van der Waals surface area contributed by atoms with Gasteiger partial charge in [0.2, 0.25) is 0 Å². The van der Waals surface area contributed by atoms with E-state index in [9.17, 15) is 4.79 Å². The van der Waals surface area contributed by atoms with Gasteiger partial charge in [-0.15, -0.1) is 0 Å². The molecule has 1 saturated heterocycles. The molecule has 2 fully saturated rings. The van der Waals surface area contributed by atoms with Gasteiger partial charge in [-0.05, 0) is 53.9 Å². The molecule has 1 aliphatic carbocycles. The molecule has 2 aromatic rings. The predicted molar refractivity (Wildman–Crippen MR) is 134 cm³/mol. The lowest BCUT2D eigenvalue weighted by molar-refractivity contribution is -0.0169. The topological polar surface area (TPSA) is 32.8 Å². The number of hydrogen-bond donors (Lipinski definition) is 0. The highest BCUT2D eigenvalue weighted by Gasteiger charge is 2.35. The predicted octanol–water partition coefficient (Wildman–Crippen LogP) is 6.64. The average molecular weight is 469 g/mol. The van der Waals surface area contributed by atoms with Gasteiger partial charge >= 0.3 is 6.09 Å². The molecule has 178 valence electrons. The first-order chi connectivity index (χ1) is 15.9. The summed E-state index contributed by atoms with van der Waals surface area (Å²) in [4.78, 5) is 17.4. The summed E-state index contributed by atoms with van der Waals surface area (Å²) in [6.45, 7) is 9.77. The summed E-state index contributed by atoms with van der Waals surface area (Å²) in [5.41, 5.74) is 2.48. The van der Waals surface area contributed by atoms with Crippen LogP contribution in [0.4, 0.5) is 4.79 Å². The summed E-state index contributed by atoms with van der Waals surface area (Å²) < 4.78 is 6.11. The maximum Gasteiger partial charge on any atom is 0.410 e. The Kier molecular flexibility index (Phi) is 7.98. The van der Waals surface area contributed by atoms with Crippen molar-refractivity contribution in [1.29, 1.82) is 0 Å². The fraction of sp³-hybridized carbons (Fsp3) is 0.536. The van der Waals surface area contributed by atoms with Gasteiger partial charge in [-0.2, -0.15) is 0 Å². The number of rotatable bonds is 5. The minimum Gasteiger partial charge on any atom is -0.446 e. The SMILES string of the molecule is CC1CCC(C(C)C)C(OC(=O)N2CCN(C(c3ccccc3)c3ccc(Cl)cc3)CC2)C1. The molecule has 0 aromatic heterocycles. The molecule has 0 radical (unpaired) electrons. The van der Waals surface area contributed by atoms with E-state index in [1.165, 1.54) is 17.5 Å². The van der Waals surface area contributed by atoms with Crippen molar-refractivity contribution >= 4 is 17.7 Å². The van der Waals surface area contributed by atoms with Crippen LogP contribution in [0.2, 0.25) is 5.02 Å². The molecule has 2 aliphatic rings. The Morgan fingerprint density at radius 3 is 2.21 bits per heavy atom. The molecule has 0 N–H and O–H groups in total. The number of halogens is 1. The van der Waals surface area contributed by atoms with E-state index in [2.05, 4.69) is 62.1 Å². The van der Waals surface area contributed by atoms with Crippen LogP contribution in [0.25, 0.3) is 0 Å². The van der Waals surface area contributed by atoms with Crippen molar-refractivity contribution < 1.29 is 9.53 Å². The number of amides is 1. The summed E-state index contributed by atoms with van der Waals surface area (Å²) in [5, 5.41) is 0.745. The molecule has 4 unspecified atom stereocenters. The van der Waals surface area contributed by atoms with Crippen molar-refractivity contribution in [2.45, 2.75) is 52.2 Å². The Hall–Kier alpha value is -2.04. The Bertz CT molecular complexity index is 894. The lowest BCUT2D eigenvalue weighted by Gasteiger charge is -2.41. The third-order valence-corrected chi connectivity index (χ3v) is 7.70. The molecule has 1 aliphatic heterocycles. The van der Waals surface area contributed by atoms with E-state index >= 15 is 0 Å². The fourth-order valence-corrected chi connectivity index (χ4v) is 5.64. The van der Waals surface area contributed by atoms with Gasteiger partial charge in [-0.1, -0.05) is 81.3 Å². The molecular weight excluding hydrogens is 432 g/mol. The molecule has 4 rings (SSSR count). The first-order valence-corrected chi connectivity index (χ1v) is 12.8. The monoisotopic (exact) mass is 468 g/mol. The quantitative estimate of drug-likeness (QED) is 0.492. The molecule has 0 spiro atoms. The second-order valence-corrected chi connectivity index (χ2v) is 10.6. The van der Waals surface area contributed by atoms with Crippen molar-refractivity contribution in [3.05, 3.63) is 70.7 Å². The first kappa shape index (κ1) is 24.1. The van der Waals surface area contributed by atoms with Crippen LogP contribution in [0.15, 0.2) is 54.6 Å². The van der Waals surface area contributed by atoms with E-state index in [1.54, 1.807) is 0 Å². The zero-order valence-electron chi connectivity index (χ0n) is 20.1. The number of benzene rings is 2. The lowest BCUT2D eigenvalue weighted by Crippen LogP contribution is -2.51. The minimum atomic E-state index is -0.137. The number of carbonyl (C=O) groups excluding carboxylic acids is 1. The van der Waals surface area contributed by atoms with Crippen molar-refractivity contribution in [2.24, 2.45) is 17.8 Å². The van der Waals surface area contributed by atoms with Crippen molar-refractivity contribution in [3.63, 3.8) is 0 Å². The molecule has 1 heterocycles. The van der Waals surface area contributed by atoms with Crippen LogP contribution in [-0.2, 0) is 4.74 Å². The van der Waals surface area contributed by atoms with Gasteiger partial charge < -0.3 is 9.64 Å². The van der Waals surface area contributed by atoms with Crippen LogP contribution in [0, 0.1) is 17.8 Å². The van der Waals surface area contributed by atoms with Crippen molar-refractivity contribution in [1.82, 2.24) is 9.80 Å². The van der Waals surface area contributed by atoms with E-state index in [1.807, 2.05) is 23.1 Å². The molecule has 2 aromatic carbocycles. The van der Waals surface area contributed by atoms with Crippen LogP contribution in [0.5, 0.6) is 0 Å². The Labute approximate surface area is 203 Å². The number of nitrogens with zero attached hydrogens (tertiary/aromatic N) is 2. The maximum absolute atomic E-state index is 13.1. The van der Waals surface area contributed by atoms with Gasteiger partial charge in [-0.25, -0.2) is 4.79 Å². The molecule has 4 nitrogen and oxygen atoms in total. The highest BCUT2D eigenvalue weighted by atomic mass is 35.5. The second-order valence-electron chi connectivity index (χ2n) is 10.1. The molecule has 5 heteroatoms. The highest BCUT2D eigenvalue weighted by Crippen LogP contribution is 2.36. The van der Waals surface area contributed by atoms with Gasteiger partial charge in [0.25, 0.3) is 0 Å². The van der Waals surface area contributed by atoms with E-state index in [0.29, 0.717) is 30.8 Å². The average Bonchev–Trinajstić information content (AvgIpc) is 2.81. The molecule has 1 amide bonds.